The van der Waals surface area contributed by atoms with Crippen molar-refractivity contribution < 1.29 is 0 Å². The van der Waals surface area contributed by atoms with E-state index in [0.29, 0.717) is 0 Å². The van der Waals surface area contributed by atoms with Crippen LogP contribution in [0, 0.1) is 0 Å². The van der Waals surface area contributed by atoms with Crippen molar-refractivity contribution in [2.24, 2.45) is 10.2 Å². The summed E-state index contributed by atoms with van der Waals surface area (Å²) in [6.45, 7) is 0. The number of hydrogen-bond acceptors (Lipinski definition) is 3. The zero-order chi connectivity index (χ0) is 11.2. The number of anilines is 1. The largest absolute Gasteiger partial charge is 0.326 e. The van der Waals surface area contributed by atoms with E-state index in [1.54, 1.807) is 0 Å². The van der Waals surface area contributed by atoms with Gasteiger partial charge in [-0.1, -0.05) is 30.3 Å². The quantitative estimate of drug-likeness (QED) is 0.489. The monoisotopic (exact) mass is 323 g/mol. The van der Waals surface area contributed by atoms with Crippen LogP contribution in [0.25, 0.3) is 0 Å². The molecule has 0 unspecified atom stereocenters. The summed E-state index contributed by atoms with van der Waals surface area (Å²) in [5.41, 5.74) is 2.65. The van der Waals surface area contributed by atoms with Gasteiger partial charge in [0.05, 0.1) is 34.2 Å². The van der Waals surface area contributed by atoms with Gasteiger partial charge in [0, 0.05) is 0 Å². The lowest BCUT2D eigenvalue weighted by Gasteiger charge is -2.00. The molecule has 2 rings (SSSR count). The van der Waals surface area contributed by atoms with Crippen molar-refractivity contribution >= 4 is 39.9 Å². The molecule has 0 atom stereocenters. The second-order valence-corrected chi connectivity index (χ2v) is 3.69. The summed E-state index contributed by atoms with van der Waals surface area (Å²) in [7, 11) is 0. The average Bonchev–Trinajstić information content (AvgIpc) is 2.38. The summed E-state index contributed by atoms with van der Waals surface area (Å²) < 4.78 is 3.05. The Morgan fingerprint density at radius 1 is 0.812 bits per heavy atom. The Labute approximate surface area is 108 Å². The number of para-hydroxylation sites is 1. The van der Waals surface area contributed by atoms with Crippen LogP contribution in [-0.2, 0) is 0 Å². The maximum absolute atomic E-state index is 4.20. The minimum atomic E-state index is 0.834. The molecule has 0 aliphatic carbocycles. The molecule has 0 radical (unpaired) electrons. The van der Waals surface area contributed by atoms with Crippen molar-refractivity contribution in [3.05, 3.63) is 54.6 Å². The minimum absolute atomic E-state index is 0.834. The Morgan fingerprint density at radius 2 is 1.50 bits per heavy atom. The van der Waals surface area contributed by atoms with E-state index in [0.717, 1.165) is 17.1 Å². The fourth-order valence-electron chi connectivity index (χ4n) is 1.25. The Bertz CT molecular complexity index is 483. The number of rotatable bonds is 3. The molecule has 4 heteroatoms. The molecule has 0 bridgehead atoms. The van der Waals surface area contributed by atoms with Crippen LogP contribution in [0.1, 0.15) is 0 Å². The molecule has 0 saturated carbocycles. The molecule has 0 saturated heterocycles. The molecular formula is C12H10IN3. The van der Waals surface area contributed by atoms with E-state index < -0.39 is 0 Å². The van der Waals surface area contributed by atoms with Gasteiger partial charge in [-0.2, -0.15) is 5.11 Å². The molecular weight excluding hydrogens is 313 g/mol. The highest BCUT2D eigenvalue weighted by atomic mass is 127. The molecule has 80 valence electrons. The number of benzene rings is 2. The van der Waals surface area contributed by atoms with Gasteiger partial charge in [-0.05, 0) is 24.3 Å². The highest BCUT2D eigenvalue weighted by Gasteiger charge is 1.97. The van der Waals surface area contributed by atoms with Gasteiger partial charge >= 0.3 is 0 Å². The first-order valence-electron chi connectivity index (χ1n) is 4.82. The topological polar surface area (TPSA) is 36.8 Å². The third-order valence-electron chi connectivity index (χ3n) is 2.04. The zero-order valence-electron chi connectivity index (χ0n) is 8.47. The molecule has 2 aromatic carbocycles. The van der Waals surface area contributed by atoms with Crippen LogP contribution in [0.15, 0.2) is 64.8 Å². The number of nitrogens with zero attached hydrogens (tertiary/aromatic N) is 2. The summed E-state index contributed by atoms with van der Waals surface area (Å²) >= 11 is 2.08. The standard InChI is InChI=1S/C12H10IN3/c13-14-11-8-4-5-9-12(11)16-15-10-6-2-1-3-7-10/h1-9,14H. The third kappa shape index (κ3) is 2.79. The van der Waals surface area contributed by atoms with Gasteiger partial charge in [-0.15, -0.1) is 5.11 Å². The normalized spacial score (nSPS) is 10.6. The average molecular weight is 323 g/mol. The van der Waals surface area contributed by atoms with Crippen molar-refractivity contribution in [2.45, 2.75) is 0 Å². The summed E-state index contributed by atoms with van der Waals surface area (Å²) in [5.74, 6) is 0. The summed E-state index contributed by atoms with van der Waals surface area (Å²) in [6.07, 6.45) is 0. The van der Waals surface area contributed by atoms with Gasteiger partial charge in [0.15, 0.2) is 0 Å². The van der Waals surface area contributed by atoms with Crippen LogP contribution < -0.4 is 3.53 Å². The van der Waals surface area contributed by atoms with E-state index in [1.807, 2.05) is 54.6 Å². The predicted molar refractivity (Wildman–Crippen MR) is 74.7 cm³/mol. The molecule has 3 nitrogen and oxygen atoms in total. The first-order chi connectivity index (χ1) is 7.90. The Hall–Kier alpha value is -1.43. The second kappa shape index (κ2) is 5.60. The molecule has 0 amide bonds. The molecule has 0 aromatic heterocycles. The number of nitrogens with one attached hydrogen (secondary N) is 1. The Kier molecular flexibility index (Phi) is 3.87. The maximum Gasteiger partial charge on any atom is 0.109 e. The van der Waals surface area contributed by atoms with Crippen LogP contribution in [0.3, 0.4) is 0 Å². The van der Waals surface area contributed by atoms with Crippen LogP contribution in [-0.4, -0.2) is 0 Å². The third-order valence-corrected chi connectivity index (χ3v) is 2.62. The minimum Gasteiger partial charge on any atom is -0.326 e. The van der Waals surface area contributed by atoms with Gasteiger partial charge in [-0.3, -0.25) is 0 Å². The molecule has 1 N–H and O–H groups in total. The van der Waals surface area contributed by atoms with E-state index in [1.165, 1.54) is 0 Å². The molecule has 2 aromatic rings. The van der Waals surface area contributed by atoms with Crippen LogP contribution >= 0.6 is 22.9 Å². The van der Waals surface area contributed by atoms with Gasteiger partial charge in [-0.25, -0.2) is 0 Å². The van der Waals surface area contributed by atoms with Crippen molar-refractivity contribution in [3.8, 4) is 0 Å². The first kappa shape index (κ1) is 11.1. The van der Waals surface area contributed by atoms with E-state index in [9.17, 15) is 0 Å². The molecule has 0 spiro atoms. The van der Waals surface area contributed by atoms with E-state index in [4.69, 9.17) is 0 Å². The lowest BCUT2D eigenvalue weighted by molar-refractivity contribution is 1.23. The van der Waals surface area contributed by atoms with Gasteiger partial charge in [0.1, 0.15) is 5.69 Å². The van der Waals surface area contributed by atoms with E-state index >= 15 is 0 Å². The van der Waals surface area contributed by atoms with Crippen LogP contribution in [0.2, 0.25) is 0 Å². The maximum atomic E-state index is 4.20. The first-order valence-corrected chi connectivity index (χ1v) is 5.90. The summed E-state index contributed by atoms with van der Waals surface area (Å²) in [4.78, 5) is 0. The van der Waals surface area contributed by atoms with Crippen molar-refractivity contribution in [1.29, 1.82) is 0 Å². The number of hydrogen-bond donors (Lipinski definition) is 1. The van der Waals surface area contributed by atoms with Crippen LogP contribution in [0.4, 0.5) is 17.1 Å². The second-order valence-electron chi connectivity index (χ2n) is 3.15. The van der Waals surface area contributed by atoms with Gasteiger partial charge in [0.2, 0.25) is 0 Å². The van der Waals surface area contributed by atoms with Crippen LogP contribution in [0.5, 0.6) is 0 Å². The number of halogens is 1. The fourth-order valence-corrected chi connectivity index (χ4v) is 1.70. The lowest BCUT2D eigenvalue weighted by Crippen LogP contribution is -1.78. The molecule has 16 heavy (non-hydrogen) atoms. The number of azo groups is 1. The Balaban J connectivity index is 2.24. The molecule has 0 fully saturated rings. The molecule has 0 aliphatic heterocycles. The van der Waals surface area contributed by atoms with E-state index in [-0.39, 0.29) is 0 Å². The lowest BCUT2D eigenvalue weighted by atomic mass is 10.3. The van der Waals surface area contributed by atoms with Crippen molar-refractivity contribution in [1.82, 2.24) is 0 Å². The van der Waals surface area contributed by atoms with Gasteiger partial charge < -0.3 is 3.53 Å². The van der Waals surface area contributed by atoms with E-state index in [2.05, 4.69) is 36.6 Å². The molecule has 0 heterocycles. The SMILES string of the molecule is INc1ccccc1N=Nc1ccccc1. The van der Waals surface area contributed by atoms with Gasteiger partial charge in [0.25, 0.3) is 0 Å². The smallest absolute Gasteiger partial charge is 0.109 e. The fraction of sp³-hybridized carbons (Fsp3) is 0. The highest BCUT2D eigenvalue weighted by Crippen LogP contribution is 2.27. The van der Waals surface area contributed by atoms with Crippen molar-refractivity contribution in [2.75, 3.05) is 3.53 Å². The molecule has 0 aliphatic rings. The van der Waals surface area contributed by atoms with Crippen molar-refractivity contribution in [3.63, 3.8) is 0 Å². The Morgan fingerprint density at radius 3 is 2.25 bits per heavy atom. The summed E-state index contributed by atoms with van der Waals surface area (Å²) in [6, 6.07) is 17.5. The highest BCUT2D eigenvalue weighted by molar-refractivity contribution is 14.1. The zero-order valence-corrected chi connectivity index (χ0v) is 10.6. The predicted octanol–water partition coefficient (Wildman–Crippen LogP) is 4.86. The summed E-state index contributed by atoms with van der Waals surface area (Å²) in [5, 5.41) is 8.37.